The fraction of sp³-hybridized carbons (Fsp3) is 0.400. The van der Waals surface area contributed by atoms with Crippen LogP contribution in [0.1, 0.15) is 11.1 Å². The first kappa shape index (κ1) is 8.02. The van der Waals surface area contributed by atoms with Crippen LogP contribution in [-0.2, 0) is 17.1 Å². The number of hydrogen-bond donors (Lipinski definition) is 0. The summed E-state index contributed by atoms with van der Waals surface area (Å²) in [7, 11) is -1.34. The Morgan fingerprint density at radius 3 is 2.58 bits per heavy atom. The van der Waals surface area contributed by atoms with E-state index in [1.54, 1.807) is 0 Å². The molecule has 1 aliphatic heterocycles. The molecule has 0 aromatic heterocycles. The molecule has 1 aromatic rings. The lowest BCUT2D eigenvalue weighted by Crippen LogP contribution is -2.37. The minimum absolute atomic E-state index is 0.829. The van der Waals surface area contributed by atoms with Crippen molar-refractivity contribution >= 4 is 8.32 Å². The van der Waals surface area contributed by atoms with Crippen LogP contribution in [0.3, 0.4) is 0 Å². The minimum atomic E-state index is -1.34. The number of hydrogen-bond acceptors (Lipinski definition) is 1. The molecule has 0 atom stereocenters. The summed E-state index contributed by atoms with van der Waals surface area (Å²) < 4.78 is 5.83. The van der Waals surface area contributed by atoms with Crippen LogP contribution in [0.4, 0.5) is 0 Å². The molecule has 12 heavy (non-hydrogen) atoms. The third-order valence-electron chi connectivity index (χ3n) is 2.35. The second kappa shape index (κ2) is 2.71. The summed E-state index contributed by atoms with van der Waals surface area (Å²) in [6.07, 6.45) is 0. The van der Waals surface area contributed by atoms with Crippen LogP contribution in [-0.4, -0.2) is 8.32 Å². The molecule has 0 unspecified atom stereocenters. The number of rotatable bonds is 0. The Kier molecular flexibility index (Phi) is 1.81. The molecule has 0 bridgehead atoms. The number of benzene rings is 1. The van der Waals surface area contributed by atoms with Gasteiger partial charge in [-0.1, -0.05) is 24.3 Å². The van der Waals surface area contributed by atoms with Gasteiger partial charge < -0.3 is 4.43 Å². The summed E-state index contributed by atoms with van der Waals surface area (Å²) in [4.78, 5) is 0. The highest BCUT2D eigenvalue weighted by Crippen LogP contribution is 2.24. The van der Waals surface area contributed by atoms with Crippen molar-refractivity contribution in [3.8, 4) is 0 Å². The van der Waals surface area contributed by atoms with Crippen LogP contribution in [0.5, 0.6) is 0 Å². The van der Waals surface area contributed by atoms with E-state index in [-0.39, 0.29) is 0 Å². The van der Waals surface area contributed by atoms with Crippen molar-refractivity contribution in [3.63, 3.8) is 0 Å². The smallest absolute Gasteiger partial charge is 0.191 e. The van der Waals surface area contributed by atoms with Gasteiger partial charge in [-0.3, -0.25) is 0 Å². The molecule has 0 fully saturated rings. The summed E-state index contributed by atoms with van der Waals surface area (Å²) >= 11 is 0. The van der Waals surface area contributed by atoms with Gasteiger partial charge in [0.05, 0.1) is 6.61 Å². The van der Waals surface area contributed by atoms with Gasteiger partial charge >= 0.3 is 0 Å². The van der Waals surface area contributed by atoms with Crippen molar-refractivity contribution in [2.24, 2.45) is 0 Å². The van der Waals surface area contributed by atoms with Crippen LogP contribution in [0, 0.1) is 0 Å². The predicted octanol–water partition coefficient (Wildman–Crippen LogP) is 2.50. The average molecular weight is 178 g/mol. The van der Waals surface area contributed by atoms with E-state index in [4.69, 9.17) is 4.43 Å². The largest absolute Gasteiger partial charge is 0.413 e. The molecule has 0 amide bonds. The van der Waals surface area contributed by atoms with E-state index in [2.05, 4.69) is 37.4 Å². The Labute approximate surface area is 74.5 Å². The summed E-state index contributed by atoms with van der Waals surface area (Å²) in [5, 5.41) is 0. The first-order valence-electron chi connectivity index (χ1n) is 4.38. The van der Waals surface area contributed by atoms with E-state index in [9.17, 15) is 0 Å². The molecule has 1 nitrogen and oxygen atoms in total. The maximum atomic E-state index is 5.83. The second-order valence-corrected chi connectivity index (χ2v) is 8.16. The lowest BCUT2D eigenvalue weighted by Gasteiger charge is -2.29. The van der Waals surface area contributed by atoms with Crippen molar-refractivity contribution in [2.45, 2.75) is 25.7 Å². The van der Waals surface area contributed by atoms with E-state index in [0.29, 0.717) is 0 Å². The molecule has 0 saturated carbocycles. The van der Waals surface area contributed by atoms with Gasteiger partial charge in [-0.2, -0.15) is 0 Å². The van der Waals surface area contributed by atoms with Crippen molar-refractivity contribution in [1.82, 2.24) is 0 Å². The monoisotopic (exact) mass is 178 g/mol. The average Bonchev–Trinajstić information content (AvgIpc) is 2.02. The second-order valence-electron chi connectivity index (χ2n) is 3.99. The van der Waals surface area contributed by atoms with Crippen molar-refractivity contribution < 1.29 is 4.43 Å². The summed E-state index contributed by atoms with van der Waals surface area (Å²) in [5.41, 5.74) is 2.88. The van der Waals surface area contributed by atoms with E-state index < -0.39 is 8.32 Å². The zero-order valence-corrected chi connectivity index (χ0v) is 8.63. The molecule has 1 aromatic carbocycles. The highest BCUT2D eigenvalue weighted by Gasteiger charge is 2.28. The minimum Gasteiger partial charge on any atom is -0.413 e. The fourth-order valence-electron chi connectivity index (χ4n) is 1.65. The Balaban J connectivity index is 2.35. The van der Waals surface area contributed by atoms with Gasteiger partial charge in [-0.15, -0.1) is 0 Å². The number of fused-ring (bicyclic) bond motifs is 1. The van der Waals surface area contributed by atoms with Gasteiger partial charge in [0.1, 0.15) is 0 Å². The van der Waals surface area contributed by atoms with Crippen LogP contribution in [0.25, 0.3) is 0 Å². The standard InChI is InChI=1S/C10H14OSi/c1-12(2)8-10-6-4-3-5-9(10)7-11-12/h3-6H,7-8H2,1-2H3. The Morgan fingerprint density at radius 1 is 1.17 bits per heavy atom. The Morgan fingerprint density at radius 2 is 1.83 bits per heavy atom. The Bertz CT molecular complexity index is 294. The lowest BCUT2D eigenvalue weighted by molar-refractivity contribution is 0.283. The fourth-order valence-corrected chi connectivity index (χ4v) is 3.56. The third-order valence-corrected chi connectivity index (χ3v) is 4.51. The van der Waals surface area contributed by atoms with Gasteiger partial charge in [-0.05, 0) is 30.3 Å². The Hall–Kier alpha value is -0.603. The molecule has 1 heterocycles. The molecule has 64 valence electrons. The van der Waals surface area contributed by atoms with E-state index in [0.717, 1.165) is 6.61 Å². The van der Waals surface area contributed by atoms with Gasteiger partial charge in [0.25, 0.3) is 0 Å². The van der Waals surface area contributed by atoms with Crippen molar-refractivity contribution in [2.75, 3.05) is 0 Å². The molecule has 1 aliphatic rings. The molecule has 0 saturated heterocycles. The quantitative estimate of drug-likeness (QED) is 0.555. The van der Waals surface area contributed by atoms with E-state index >= 15 is 0 Å². The summed E-state index contributed by atoms with van der Waals surface area (Å²) in [6.45, 7) is 5.39. The normalized spacial score (nSPS) is 20.2. The molecule has 0 radical (unpaired) electrons. The first-order chi connectivity index (χ1) is 5.67. The molecular weight excluding hydrogens is 164 g/mol. The van der Waals surface area contributed by atoms with Crippen LogP contribution >= 0.6 is 0 Å². The molecule has 0 aliphatic carbocycles. The van der Waals surface area contributed by atoms with Gasteiger partial charge in [0.15, 0.2) is 8.32 Å². The van der Waals surface area contributed by atoms with Crippen molar-refractivity contribution in [3.05, 3.63) is 35.4 Å². The zero-order valence-electron chi connectivity index (χ0n) is 7.63. The lowest BCUT2D eigenvalue weighted by atomic mass is 10.1. The van der Waals surface area contributed by atoms with Gasteiger partial charge in [0, 0.05) is 0 Å². The van der Waals surface area contributed by atoms with Gasteiger partial charge in [-0.25, -0.2) is 0 Å². The summed E-state index contributed by atoms with van der Waals surface area (Å²) in [5.74, 6) is 0. The first-order valence-corrected chi connectivity index (χ1v) is 7.50. The molecule has 0 spiro atoms. The highest BCUT2D eigenvalue weighted by atomic mass is 28.4. The van der Waals surface area contributed by atoms with Crippen LogP contribution in [0.2, 0.25) is 13.1 Å². The predicted molar refractivity (Wildman–Crippen MR) is 52.4 cm³/mol. The SMILES string of the molecule is C[Si]1(C)Cc2ccccc2CO1. The highest BCUT2D eigenvalue weighted by molar-refractivity contribution is 6.70. The maximum absolute atomic E-state index is 5.83. The van der Waals surface area contributed by atoms with Crippen molar-refractivity contribution in [1.29, 1.82) is 0 Å². The molecule has 2 rings (SSSR count). The topological polar surface area (TPSA) is 9.23 Å². The molecule has 0 N–H and O–H groups in total. The van der Waals surface area contributed by atoms with E-state index in [1.807, 2.05) is 0 Å². The van der Waals surface area contributed by atoms with Crippen LogP contribution in [0.15, 0.2) is 24.3 Å². The summed E-state index contributed by atoms with van der Waals surface area (Å²) in [6, 6.07) is 9.77. The van der Waals surface area contributed by atoms with E-state index in [1.165, 1.54) is 17.2 Å². The third kappa shape index (κ3) is 1.45. The molecule has 2 heteroatoms. The zero-order chi connectivity index (χ0) is 8.60. The van der Waals surface area contributed by atoms with Gasteiger partial charge in [0.2, 0.25) is 0 Å². The molecular formula is C10H14OSi. The van der Waals surface area contributed by atoms with Crippen LogP contribution < -0.4 is 0 Å². The maximum Gasteiger partial charge on any atom is 0.191 e.